The van der Waals surface area contributed by atoms with E-state index in [9.17, 15) is 14.7 Å². The molecule has 1 N–H and O–H groups in total. The zero-order valence-electron chi connectivity index (χ0n) is 16.8. The molecule has 5 rings (SSSR count). The maximum absolute atomic E-state index is 12.0. The molecule has 2 saturated heterocycles. The predicted molar refractivity (Wildman–Crippen MR) is 118 cm³/mol. The van der Waals surface area contributed by atoms with Crippen molar-refractivity contribution >= 4 is 40.7 Å². The van der Waals surface area contributed by atoms with Crippen molar-refractivity contribution in [2.45, 2.75) is 43.9 Å². The minimum Gasteiger partial charge on any atom is -0.484 e. The summed E-state index contributed by atoms with van der Waals surface area (Å²) < 4.78 is 6.41. The summed E-state index contributed by atoms with van der Waals surface area (Å²) in [6.07, 6.45) is 1.33. The summed E-state index contributed by atoms with van der Waals surface area (Å²) in [4.78, 5) is 27.4. The summed E-state index contributed by atoms with van der Waals surface area (Å²) in [5.41, 5.74) is 2.53. The lowest BCUT2D eigenvalue weighted by atomic mass is 10.1. The number of carbonyl (C=O) groups is 2. The van der Waals surface area contributed by atoms with Crippen LogP contribution in [0.1, 0.15) is 36.5 Å². The second-order valence-electron chi connectivity index (χ2n) is 8.32. The highest BCUT2D eigenvalue weighted by Gasteiger charge is 2.41. The summed E-state index contributed by atoms with van der Waals surface area (Å²) >= 11 is 12.8. The van der Waals surface area contributed by atoms with Crippen molar-refractivity contribution in [3.63, 3.8) is 0 Å². The minimum absolute atomic E-state index is 0.0320. The van der Waals surface area contributed by atoms with E-state index in [0.717, 1.165) is 30.5 Å². The summed E-state index contributed by atoms with van der Waals surface area (Å²) in [6, 6.07) is 10.7. The van der Waals surface area contributed by atoms with E-state index >= 15 is 0 Å². The smallest absolute Gasteiger partial charge is 0.234 e. The van der Waals surface area contributed by atoms with E-state index in [4.69, 9.17) is 27.9 Å². The molecule has 2 heterocycles. The van der Waals surface area contributed by atoms with Gasteiger partial charge in [0.15, 0.2) is 0 Å². The van der Waals surface area contributed by atoms with Crippen molar-refractivity contribution in [3.8, 4) is 5.75 Å². The standard InChI is InChI=1S/C23H22Cl2N2O4/c24-13-9-18-17(19(25)10-13)11-20(26-8-7-15(28)12-26)23(18)31-16-3-1-14(2-4-16)27-21(29)5-6-22(27)30/h1-4,9-10,15,20,23,28H,5-8,11-12H2/t15-,20+,23+/m1/s1. The van der Waals surface area contributed by atoms with Crippen LogP contribution in [0.4, 0.5) is 5.69 Å². The molecular formula is C23H22Cl2N2O4. The predicted octanol–water partition coefficient (Wildman–Crippen LogP) is 3.76. The first-order valence-electron chi connectivity index (χ1n) is 10.4. The van der Waals surface area contributed by atoms with Crippen LogP contribution < -0.4 is 9.64 Å². The molecule has 2 amide bonds. The molecule has 0 spiro atoms. The average molecular weight is 461 g/mol. The van der Waals surface area contributed by atoms with Gasteiger partial charge in [0.2, 0.25) is 11.8 Å². The number of nitrogens with zero attached hydrogens (tertiary/aromatic N) is 2. The lowest BCUT2D eigenvalue weighted by Crippen LogP contribution is -2.39. The van der Waals surface area contributed by atoms with Gasteiger partial charge in [-0.15, -0.1) is 0 Å². The Labute approximate surface area is 190 Å². The van der Waals surface area contributed by atoms with Gasteiger partial charge in [-0.3, -0.25) is 19.4 Å². The fourth-order valence-corrected chi connectivity index (χ4v) is 5.42. The molecule has 0 saturated carbocycles. The summed E-state index contributed by atoms with van der Waals surface area (Å²) in [5, 5.41) is 11.2. The van der Waals surface area contributed by atoms with Gasteiger partial charge >= 0.3 is 0 Å². The van der Waals surface area contributed by atoms with Gasteiger partial charge in [0.1, 0.15) is 11.9 Å². The first-order valence-corrected chi connectivity index (χ1v) is 11.2. The number of hydrogen-bond donors (Lipinski definition) is 1. The fourth-order valence-electron chi connectivity index (χ4n) is 4.83. The Bertz CT molecular complexity index is 1030. The maximum atomic E-state index is 12.0. The Hall–Kier alpha value is -2.12. The van der Waals surface area contributed by atoms with E-state index in [1.54, 1.807) is 30.3 Å². The van der Waals surface area contributed by atoms with Gasteiger partial charge < -0.3 is 9.84 Å². The van der Waals surface area contributed by atoms with Crippen molar-refractivity contribution in [2.75, 3.05) is 18.0 Å². The molecule has 8 heteroatoms. The number of benzene rings is 2. The largest absolute Gasteiger partial charge is 0.484 e. The molecule has 6 nitrogen and oxygen atoms in total. The van der Waals surface area contributed by atoms with Gasteiger partial charge in [0, 0.05) is 41.5 Å². The molecule has 3 atom stereocenters. The number of imide groups is 1. The number of ether oxygens (including phenoxy) is 1. The van der Waals surface area contributed by atoms with Crippen LogP contribution in [0, 0.1) is 0 Å². The molecule has 3 aliphatic rings. The van der Waals surface area contributed by atoms with Crippen molar-refractivity contribution in [1.29, 1.82) is 0 Å². The zero-order chi connectivity index (χ0) is 21.7. The van der Waals surface area contributed by atoms with Crippen LogP contribution >= 0.6 is 23.2 Å². The normalized spacial score (nSPS) is 26.0. The first-order chi connectivity index (χ1) is 14.9. The average Bonchev–Trinajstić information content (AvgIpc) is 3.41. The molecule has 162 valence electrons. The third-order valence-electron chi connectivity index (χ3n) is 6.34. The molecule has 2 aromatic carbocycles. The quantitative estimate of drug-likeness (QED) is 0.703. The first kappa shape index (κ1) is 20.8. The van der Waals surface area contributed by atoms with Crippen LogP contribution in [0.5, 0.6) is 5.75 Å². The van der Waals surface area contributed by atoms with Crippen LogP contribution in [0.3, 0.4) is 0 Å². The molecule has 1 aliphatic carbocycles. The number of rotatable bonds is 4. The van der Waals surface area contributed by atoms with E-state index < -0.39 is 0 Å². The molecular weight excluding hydrogens is 439 g/mol. The molecule has 0 aromatic heterocycles. The highest BCUT2D eigenvalue weighted by Crippen LogP contribution is 2.43. The van der Waals surface area contributed by atoms with Crippen LogP contribution in [-0.4, -0.2) is 47.1 Å². The fraction of sp³-hybridized carbons (Fsp3) is 0.391. The number of likely N-dealkylation sites (tertiary alicyclic amines) is 1. The molecule has 0 bridgehead atoms. The summed E-state index contributed by atoms with van der Waals surface area (Å²) in [6.45, 7) is 1.39. The van der Waals surface area contributed by atoms with E-state index in [-0.39, 0.29) is 42.9 Å². The topological polar surface area (TPSA) is 70.1 Å². The summed E-state index contributed by atoms with van der Waals surface area (Å²) in [5.74, 6) is 0.266. The Balaban J connectivity index is 1.43. The molecule has 2 aromatic rings. The van der Waals surface area contributed by atoms with Crippen LogP contribution in [-0.2, 0) is 16.0 Å². The van der Waals surface area contributed by atoms with Gasteiger partial charge in [-0.2, -0.15) is 0 Å². The minimum atomic E-state index is -0.335. The molecule has 2 fully saturated rings. The highest BCUT2D eigenvalue weighted by atomic mass is 35.5. The van der Waals surface area contributed by atoms with Crippen LogP contribution in [0.2, 0.25) is 10.0 Å². The van der Waals surface area contributed by atoms with Crippen molar-refractivity contribution in [2.24, 2.45) is 0 Å². The Morgan fingerprint density at radius 1 is 1.03 bits per heavy atom. The Morgan fingerprint density at radius 2 is 1.74 bits per heavy atom. The van der Waals surface area contributed by atoms with Gasteiger partial charge in [-0.25, -0.2) is 0 Å². The Morgan fingerprint density at radius 3 is 2.39 bits per heavy atom. The second kappa shape index (κ2) is 8.10. The molecule has 31 heavy (non-hydrogen) atoms. The van der Waals surface area contributed by atoms with Gasteiger partial charge in [-0.1, -0.05) is 23.2 Å². The lowest BCUT2D eigenvalue weighted by Gasteiger charge is -2.30. The Kier molecular flexibility index (Phi) is 5.42. The number of anilines is 1. The van der Waals surface area contributed by atoms with E-state index in [2.05, 4.69) is 4.90 Å². The van der Waals surface area contributed by atoms with E-state index in [1.807, 2.05) is 6.07 Å². The molecule has 2 aliphatic heterocycles. The number of β-amino-alcohol motifs (C(OH)–C–C–N with tert-alkyl or cyclic N) is 1. The number of aliphatic hydroxyl groups is 1. The van der Waals surface area contributed by atoms with Crippen molar-refractivity contribution in [1.82, 2.24) is 4.90 Å². The highest BCUT2D eigenvalue weighted by molar-refractivity contribution is 6.35. The zero-order valence-corrected chi connectivity index (χ0v) is 18.3. The summed E-state index contributed by atoms with van der Waals surface area (Å²) in [7, 11) is 0. The van der Waals surface area contributed by atoms with Crippen molar-refractivity contribution < 1.29 is 19.4 Å². The monoisotopic (exact) mass is 460 g/mol. The number of aliphatic hydroxyl groups excluding tert-OH is 1. The van der Waals surface area contributed by atoms with Gasteiger partial charge in [0.25, 0.3) is 0 Å². The number of fused-ring (bicyclic) bond motifs is 1. The van der Waals surface area contributed by atoms with Gasteiger partial charge in [0.05, 0.1) is 17.8 Å². The third kappa shape index (κ3) is 3.82. The molecule has 0 unspecified atom stereocenters. The number of hydrogen-bond acceptors (Lipinski definition) is 5. The number of carbonyl (C=O) groups excluding carboxylic acids is 2. The lowest BCUT2D eigenvalue weighted by molar-refractivity contribution is -0.121. The van der Waals surface area contributed by atoms with Crippen molar-refractivity contribution in [3.05, 3.63) is 57.6 Å². The SMILES string of the molecule is O=C1CCC(=O)N1c1ccc(O[C@H]2c3cc(Cl)cc(Cl)c3C[C@@H]2N2CC[C@@H](O)C2)cc1. The van der Waals surface area contributed by atoms with E-state index in [1.165, 1.54) is 4.90 Å². The van der Waals surface area contributed by atoms with Crippen LogP contribution in [0.15, 0.2) is 36.4 Å². The maximum Gasteiger partial charge on any atom is 0.234 e. The number of halogens is 2. The third-order valence-corrected chi connectivity index (χ3v) is 6.89. The molecule has 0 radical (unpaired) electrons. The number of amides is 2. The van der Waals surface area contributed by atoms with Crippen LogP contribution in [0.25, 0.3) is 0 Å². The van der Waals surface area contributed by atoms with E-state index in [0.29, 0.717) is 28.0 Å². The second-order valence-corrected chi connectivity index (χ2v) is 9.16. The van der Waals surface area contributed by atoms with Gasteiger partial charge in [-0.05, 0) is 54.8 Å².